The molecule has 4 rings (SSSR count). The van der Waals surface area contributed by atoms with Crippen LogP contribution in [0.1, 0.15) is 16.2 Å². The molecule has 1 fully saturated rings. The highest BCUT2D eigenvalue weighted by molar-refractivity contribution is 6.31. The van der Waals surface area contributed by atoms with Gasteiger partial charge in [-0.15, -0.1) is 0 Å². The van der Waals surface area contributed by atoms with Gasteiger partial charge >= 0.3 is 12.0 Å². The number of carbonyl (C=O) groups is 2. The van der Waals surface area contributed by atoms with E-state index < -0.39 is 5.97 Å². The Kier molecular flexibility index (Phi) is 5.87. The van der Waals surface area contributed by atoms with E-state index in [9.17, 15) is 9.59 Å². The topological polar surface area (TPSA) is 87.9 Å². The van der Waals surface area contributed by atoms with Crippen molar-refractivity contribution in [1.29, 1.82) is 0 Å². The Morgan fingerprint density at radius 2 is 1.87 bits per heavy atom. The largest absolute Gasteiger partial charge is 0.465 e. The second-order valence-corrected chi connectivity index (χ2v) is 7.42. The summed E-state index contributed by atoms with van der Waals surface area (Å²) in [6, 6.07) is 11.8. The van der Waals surface area contributed by atoms with E-state index in [-0.39, 0.29) is 6.03 Å². The summed E-state index contributed by atoms with van der Waals surface area (Å²) in [5, 5.41) is 3.47. The maximum Gasteiger partial charge on any atom is 0.337 e. The minimum absolute atomic E-state index is 0.169. The summed E-state index contributed by atoms with van der Waals surface area (Å²) in [5.74, 6) is 0.224. The standard InChI is InChI=1S/C21H21ClN4O4/c1-29-20(27)14-2-5-16(6-3-14)23-21(28)26-10-8-25(9-11-26)13-19-24-17-7-4-15(22)12-18(17)30-19/h2-7,12H,8-11,13H2,1H3,(H,23,28). The summed E-state index contributed by atoms with van der Waals surface area (Å²) >= 11 is 5.99. The van der Waals surface area contributed by atoms with Crippen LogP contribution in [0.25, 0.3) is 11.1 Å². The number of oxazole rings is 1. The van der Waals surface area contributed by atoms with E-state index in [1.165, 1.54) is 7.11 Å². The third-order valence-electron chi connectivity index (χ3n) is 4.97. The van der Waals surface area contributed by atoms with Gasteiger partial charge in [-0.3, -0.25) is 4.90 Å². The van der Waals surface area contributed by atoms with Gasteiger partial charge in [-0.25, -0.2) is 14.6 Å². The van der Waals surface area contributed by atoms with Crippen LogP contribution in [0.2, 0.25) is 5.02 Å². The number of piperazine rings is 1. The summed E-state index contributed by atoms with van der Waals surface area (Å²) in [4.78, 5) is 32.4. The van der Waals surface area contributed by atoms with Gasteiger partial charge in [-0.05, 0) is 36.4 Å². The molecule has 2 aromatic carbocycles. The number of hydrogen-bond acceptors (Lipinski definition) is 6. The summed E-state index contributed by atoms with van der Waals surface area (Å²) in [6.07, 6.45) is 0. The van der Waals surface area contributed by atoms with Gasteiger partial charge in [-0.1, -0.05) is 11.6 Å². The molecule has 0 unspecified atom stereocenters. The number of esters is 1. The normalized spacial score (nSPS) is 14.7. The SMILES string of the molecule is COC(=O)c1ccc(NC(=O)N2CCN(Cc3nc4ccc(Cl)cc4o3)CC2)cc1. The smallest absolute Gasteiger partial charge is 0.337 e. The number of benzene rings is 2. The molecule has 9 heteroatoms. The fourth-order valence-electron chi connectivity index (χ4n) is 3.32. The van der Waals surface area contributed by atoms with Gasteiger partial charge in [0.1, 0.15) is 5.52 Å². The van der Waals surface area contributed by atoms with E-state index in [4.69, 9.17) is 16.0 Å². The third kappa shape index (κ3) is 4.55. The number of ether oxygens (including phenoxy) is 1. The molecule has 0 atom stereocenters. The van der Waals surface area contributed by atoms with Gasteiger partial charge in [0.05, 0.1) is 19.2 Å². The van der Waals surface area contributed by atoms with Crippen LogP contribution in [0.5, 0.6) is 0 Å². The van der Waals surface area contributed by atoms with E-state index in [1.54, 1.807) is 41.3 Å². The first-order valence-corrected chi connectivity index (χ1v) is 9.91. The van der Waals surface area contributed by atoms with Gasteiger partial charge in [-0.2, -0.15) is 0 Å². The monoisotopic (exact) mass is 428 g/mol. The number of fused-ring (bicyclic) bond motifs is 1. The highest BCUT2D eigenvalue weighted by Gasteiger charge is 2.22. The van der Waals surface area contributed by atoms with Crippen LogP contribution in [-0.2, 0) is 11.3 Å². The number of nitrogens with zero attached hydrogens (tertiary/aromatic N) is 3. The molecule has 0 aliphatic carbocycles. The first-order chi connectivity index (χ1) is 14.5. The van der Waals surface area contributed by atoms with Crippen molar-refractivity contribution in [2.45, 2.75) is 6.54 Å². The minimum Gasteiger partial charge on any atom is -0.465 e. The maximum atomic E-state index is 12.5. The van der Waals surface area contributed by atoms with Gasteiger partial charge in [0.2, 0.25) is 5.89 Å². The minimum atomic E-state index is -0.411. The molecular weight excluding hydrogens is 408 g/mol. The third-order valence-corrected chi connectivity index (χ3v) is 5.21. The lowest BCUT2D eigenvalue weighted by molar-refractivity contribution is 0.0600. The molecule has 2 amide bonds. The fourth-order valence-corrected chi connectivity index (χ4v) is 3.49. The van der Waals surface area contributed by atoms with Crippen molar-refractivity contribution in [3.05, 3.63) is 58.9 Å². The average molecular weight is 429 g/mol. The number of urea groups is 1. The number of anilines is 1. The molecule has 0 radical (unpaired) electrons. The number of methoxy groups -OCH3 is 1. The molecule has 0 bridgehead atoms. The Hall–Kier alpha value is -3.10. The Morgan fingerprint density at radius 1 is 1.13 bits per heavy atom. The van der Waals surface area contributed by atoms with Gasteiger partial charge in [0.25, 0.3) is 0 Å². The number of hydrogen-bond donors (Lipinski definition) is 1. The van der Waals surface area contributed by atoms with Crippen LogP contribution in [0, 0.1) is 0 Å². The number of amides is 2. The first kappa shape index (κ1) is 20.2. The molecule has 30 heavy (non-hydrogen) atoms. The average Bonchev–Trinajstić information content (AvgIpc) is 3.15. The highest BCUT2D eigenvalue weighted by atomic mass is 35.5. The van der Waals surface area contributed by atoms with E-state index in [1.807, 2.05) is 6.07 Å². The van der Waals surface area contributed by atoms with Crippen molar-refractivity contribution in [3.63, 3.8) is 0 Å². The van der Waals surface area contributed by atoms with Crippen molar-refractivity contribution in [1.82, 2.24) is 14.8 Å². The molecule has 2 heterocycles. The lowest BCUT2D eigenvalue weighted by Crippen LogP contribution is -2.49. The fraction of sp³-hybridized carbons (Fsp3) is 0.286. The van der Waals surface area contributed by atoms with E-state index in [2.05, 4.69) is 19.9 Å². The molecule has 1 N–H and O–H groups in total. The predicted octanol–water partition coefficient (Wildman–Crippen LogP) is 3.62. The highest BCUT2D eigenvalue weighted by Crippen LogP contribution is 2.21. The summed E-state index contributed by atoms with van der Waals surface area (Å²) < 4.78 is 10.4. The number of carbonyl (C=O) groups excluding carboxylic acids is 2. The van der Waals surface area contributed by atoms with Crippen LogP contribution in [-0.4, -0.2) is 60.1 Å². The van der Waals surface area contributed by atoms with Crippen molar-refractivity contribution in [2.75, 3.05) is 38.6 Å². The second-order valence-electron chi connectivity index (χ2n) is 6.98. The first-order valence-electron chi connectivity index (χ1n) is 9.53. The molecule has 8 nitrogen and oxygen atoms in total. The Labute approximate surface area is 178 Å². The van der Waals surface area contributed by atoms with Crippen LogP contribution >= 0.6 is 11.6 Å². The van der Waals surface area contributed by atoms with Crippen molar-refractivity contribution in [2.24, 2.45) is 0 Å². The van der Waals surface area contributed by atoms with Crippen molar-refractivity contribution in [3.8, 4) is 0 Å². The number of aromatic nitrogens is 1. The molecule has 1 aliphatic rings. The molecule has 1 aromatic heterocycles. The zero-order valence-electron chi connectivity index (χ0n) is 16.4. The lowest BCUT2D eigenvalue weighted by Gasteiger charge is -2.34. The molecule has 156 valence electrons. The number of rotatable bonds is 4. The van der Waals surface area contributed by atoms with Crippen LogP contribution < -0.4 is 5.32 Å². The van der Waals surface area contributed by atoms with Crippen LogP contribution in [0.4, 0.5) is 10.5 Å². The number of nitrogens with one attached hydrogen (secondary N) is 1. The maximum absolute atomic E-state index is 12.5. The zero-order chi connectivity index (χ0) is 21.1. The zero-order valence-corrected chi connectivity index (χ0v) is 17.2. The van der Waals surface area contributed by atoms with Crippen LogP contribution in [0.3, 0.4) is 0 Å². The Bertz CT molecular complexity index is 1060. The molecular formula is C21H21ClN4O4. The van der Waals surface area contributed by atoms with Gasteiger partial charge in [0, 0.05) is 43.0 Å². The molecule has 1 aliphatic heterocycles. The van der Waals surface area contributed by atoms with Gasteiger partial charge < -0.3 is 19.4 Å². The van der Waals surface area contributed by atoms with E-state index in [0.29, 0.717) is 60.5 Å². The lowest BCUT2D eigenvalue weighted by atomic mass is 10.2. The van der Waals surface area contributed by atoms with Crippen LogP contribution in [0.15, 0.2) is 46.9 Å². The predicted molar refractivity (Wildman–Crippen MR) is 113 cm³/mol. The summed E-state index contributed by atoms with van der Waals surface area (Å²) in [7, 11) is 1.33. The molecule has 1 saturated heterocycles. The van der Waals surface area contributed by atoms with Crippen molar-refractivity contribution >= 4 is 40.4 Å². The van der Waals surface area contributed by atoms with E-state index >= 15 is 0 Å². The molecule has 0 spiro atoms. The second kappa shape index (κ2) is 8.73. The summed E-state index contributed by atoms with van der Waals surface area (Å²) in [5.41, 5.74) is 2.52. The molecule has 0 saturated carbocycles. The Morgan fingerprint density at radius 3 is 2.57 bits per heavy atom. The Balaban J connectivity index is 1.29. The molecule has 3 aromatic rings. The van der Waals surface area contributed by atoms with Gasteiger partial charge in [0.15, 0.2) is 5.58 Å². The summed E-state index contributed by atoms with van der Waals surface area (Å²) in [6.45, 7) is 3.20. The quantitative estimate of drug-likeness (QED) is 0.638. The number of halogens is 1. The van der Waals surface area contributed by atoms with E-state index in [0.717, 1.165) is 5.52 Å². The van der Waals surface area contributed by atoms with Crippen molar-refractivity contribution < 1.29 is 18.7 Å².